The molecule has 0 aliphatic heterocycles. The van der Waals surface area contributed by atoms with Crippen LogP contribution < -0.4 is 9.46 Å². The highest BCUT2D eigenvalue weighted by Gasteiger charge is 2.19. The summed E-state index contributed by atoms with van der Waals surface area (Å²) in [5, 5.41) is 6.09. The molecule has 0 spiro atoms. The minimum absolute atomic E-state index is 0.0175. The number of imidazole rings is 1. The van der Waals surface area contributed by atoms with E-state index in [1.54, 1.807) is 6.92 Å². The van der Waals surface area contributed by atoms with Crippen molar-refractivity contribution in [3.63, 3.8) is 0 Å². The zero-order valence-corrected chi connectivity index (χ0v) is 11.3. The van der Waals surface area contributed by atoms with E-state index in [1.165, 1.54) is 6.20 Å². The van der Waals surface area contributed by atoms with Crippen molar-refractivity contribution < 1.29 is 13.2 Å². The molecule has 0 bridgehead atoms. The topological polar surface area (TPSA) is 126 Å². The number of rotatable bonds is 6. The van der Waals surface area contributed by atoms with E-state index in [-0.39, 0.29) is 17.0 Å². The summed E-state index contributed by atoms with van der Waals surface area (Å²) in [6.45, 7) is 4.04. The van der Waals surface area contributed by atoms with Gasteiger partial charge in [0.15, 0.2) is 5.03 Å². The Morgan fingerprint density at radius 2 is 2.21 bits per heavy atom. The van der Waals surface area contributed by atoms with Crippen LogP contribution in [0, 0.1) is 0 Å². The lowest BCUT2D eigenvalue weighted by Gasteiger charge is -2.01. The smallest absolute Gasteiger partial charge is 0.337 e. The van der Waals surface area contributed by atoms with Crippen molar-refractivity contribution >= 4 is 16.0 Å². The third-order valence-corrected chi connectivity index (χ3v) is 3.45. The quantitative estimate of drug-likeness (QED) is 0.700. The van der Waals surface area contributed by atoms with Crippen LogP contribution >= 0.6 is 0 Å². The molecule has 0 aliphatic rings. The first-order chi connectivity index (χ1) is 9.05. The van der Waals surface area contributed by atoms with Crippen molar-refractivity contribution in [2.75, 3.05) is 11.3 Å². The van der Waals surface area contributed by atoms with E-state index in [2.05, 4.69) is 29.9 Å². The normalized spacial score (nSPS) is 11.5. The fourth-order valence-corrected chi connectivity index (χ4v) is 2.23. The average molecular weight is 286 g/mol. The lowest BCUT2D eigenvalue weighted by Crippen LogP contribution is -2.14. The van der Waals surface area contributed by atoms with Crippen LogP contribution in [0.1, 0.15) is 19.7 Å². The van der Waals surface area contributed by atoms with Gasteiger partial charge in [0.1, 0.15) is 5.82 Å². The number of aromatic nitrogens is 5. The number of aromatic amines is 2. The number of H-pyrrole nitrogens is 2. The van der Waals surface area contributed by atoms with E-state index in [0.717, 1.165) is 0 Å². The zero-order valence-electron chi connectivity index (χ0n) is 10.5. The second-order valence-electron chi connectivity index (χ2n) is 3.55. The molecule has 2 aromatic heterocycles. The van der Waals surface area contributed by atoms with E-state index < -0.39 is 10.0 Å². The molecule has 104 valence electrons. The standard InChI is InChI=1S/C9H14N6O3S/c1-3-6-10-5-7(11-6)19(16,17)15-8-12-9(14-13-8)18-4-2/h5H,3-4H2,1-2H3,(H,10,11)(H2,12,13,14,15). The third-order valence-electron chi connectivity index (χ3n) is 2.20. The highest BCUT2D eigenvalue weighted by molar-refractivity contribution is 7.92. The molecular weight excluding hydrogens is 272 g/mol. The van der Waals surface area contributed by atoms with Gasteiger partial charge in [-0.05, 0) is 6.92 Å². The Morgan fingerprint density at radius 1 is 1.42 bits per heavy atom. The molecule has 0 aliphatic carbocycles. The molecule has 3 N–H and O–H groups in total. The van der Waals surface area contributed by atoms with E-state index in [0.29, 0.717) is 18.9 Å². The maximum absolute atomic E-state index is 12.0. The third kappa shape index (κ3) is 3.02. The largest absolute Gasteiger partial charge is 0.463 e. The second kappa shape index (κ2) is 5.26. The highest BCUT2D eigenvalue weighted by Crippen LogP contribution is 2.12. The first-order valence-corrected chi connectivity index (χ1v) is 7.15. The maximum atomic E-state index is 12.0. The Hall–Kier alpha value is -2.10. The van der Waals surface area contributed by atoms with Gasteiger partial charge in [-0.1, -0.05) is 6.92 Å². The van der Waals surface area contributed by atoms with Gasteiger partial charge in [0, 0.05) is 6.42 Å². The fourth-order valence-electron chi connectivity index (χ4n) is 1.33. The number of nitrogens with one attached hydrogen (secondary N) is 3. The van der Waals surface area contributed by atoms with Crippen LogP contribution in [0.5, 0.6) is 6.01 Å². The molecular formula is C9H14N6O3S. The van der Waals surface area contributed by atoms with Crippen molar-refractivity contribution in [1.29, 1.82) is 0 Å². The van der Waals surface area contributed by atoms with Crippen LogP contribution in [0.2, 0.25) is 0 Å². The Morgan fingerprint density at radius 3 is 2.84 bits per heavy atom. The van der Waals surface area contributed by atoms with Crippen LogP contribution in [0.25, 0.3) is 0 Å². The molecule has 19 heavy (non-hydrogen) atoms. The van der Waals surface area contributed by atoms with Crippen LogP contribution in [0.3, 0.4) is 0 Å². The molecule has 0 saturated carbocycles. The maximum Gasteiger partial charge on any atom is 0.337 e. The monoisotopic (exact) mass is 286 g/mol. The number of hydrogen-bond acceptors (Lipinski definition) is 6. The summed E-state index contributed by atoms with van der Waals surface area (Å²) in [4.78, 5) is 10.5. The molecule has 0 saturated heterocycles. The Balaban J connectivity index is 2.15. The Bertz CT molecular complexity index is 646. The molecule has 0 radical (unpaired) electrons. The summed E-state index contributed by atoms with van der Waals surface area (Å²) >= 11 is 0. The van der Waals surface area contributed by atoms with Crippen molar-refractivity contribution in [3.05, 3.63) is 12.0 Å². The van der Waals surface area contributed by atoms with Gasteiger partial charge in [-0.2, -0.15) is 13.4 Å². The van der Waals surface area contributed by atoms with E-state index in [1.807, 2.05) is 6.92 Å². The molecule has 2 aromatic rings. The van der Waals surface area contributed by atoms with Crippen molar-refractivity contribution in [2.24, 2.45) is 0 Å². The Kier molecular flexibility index (Phi) is 3.69. The molecule has 10 heteroatoms. The number of aryl methyl sites for hydroxylation is 1. The van der Waals surface area contributed by atoms with Crippen molar-refractivity contribution in [2.45, 2.75) is 25.3 Å². The first kappa shape index (κ1) is 13.3. The molecule has 9 nitrogen and oxygen atoms in total. The van der Waals surface area contributed by atoms with Gasteiger partial charge < -0.3 is 9.72 Å². The second-order valence-corrected chi connectivity index (χ2v) is 5.20. The van der Waals surface area contributed by atoms with Gasteiger partial charge in [-0.25, -0.2) is 14.8 Å². The Labute approximate surface area is 109 Å². The molecule has 2 heterocycles. The van der Waals surface area contributed by atoms with E-state index in [4.69, 9.17) is 4.74 Å². The zero-order chi connectivity index (χ0) is 13.9. The van der Waals surface area contributed by atoms with Gasteiger partial charge in [0.2, 0.25) is 5.95 Å². The summed E-state index contributed by atoms with van der Waals surface area (Å²) in [5.41, 5.74) is 0. The van der Waals surface area contributed by atoms with Crippen LogP contribution in [-0.4, -0.2) is 40.2 Å². The minimum Gasteiger partial charge on any atom is -0.463 e. The molecule has 0 unspecified atom stereocenters. The van der Waals surface area contributed by atoms with Gasteiger partial charge >= 0.3 is 6.01 Å². The molecule has 0 atom stereocenters. The van der Waals surface area contributed by atoms with E-state index in [9.17, 15) is 8.42 Å². The average Bonchev–Trinajstić information content (AvgIpc) is 2.98. The van der Waals surface area contributed by atoms with Gasteiger partial charge in [0.05, 0.1) is 12.8 Å². The van der Waals surface area contributed by atoms with Crippen LogP contribution in [0.4, 0.5) is 5.95 Å². The van der Waals surface area contributed by atoms with Gasteiger partial charge in [0.25, 0.3) is 10.0 Å². The molecule has 2 rings (SSSR count). The lowest BCUT2D eigenvalue weighted by molar-refractivity contribution is 0.314. The number of nitrogens with zero attached hydrogens (tertiary/aromatic N) is 3. The predicted molar refractivity (Wildman–Crippen MR) is 66.3 cm³/mol. The summed E-state index contributed by atoms with van der Waals surface area (Å²) in [6.07, 6.45) is 1.87. The number of sulfonamides is 1. The SMILES string of the molecule is CCOc1n[nH]c(NS(=O)(=O)c2cnc(CC)[nH]2)n1. The summed E-state index contributed by atoms with van der Waals surface area (Å²) < 4.78 is 31.2. The molecule has 0 fully saturated rings. The summed E-state index contributed by atoms with van der Waals surface area (Å²) in [6, 6.07) is 0.0825. The predicted octanol–water partition coefficient (Wildman–Crippen LogP) is 0.290. The van der Waals surface area contributed by atoms with E-state index >= 15 is 0 Å². The molecule has 0 aromatic carbocycles. The minimum atomic E-state index is -3.76. The van der Waals surface area contributed by atoms with Gasteiger partial charge in [-0.15, -0.1) is 5.10 Å². The lowest BCUT2D eigenvalue weighted by atomic mass is 10.5. The van der Waals surface area contributed by atoms with Crippen LogP contribution in [-0.2, 0) is 16.4 Å². The van der Waals surface area contributed by atoms with Crippen molar-refractivity contribution in [1.82, 2.24) is 25.1 Å². The fraction of sp³-hybridized carbons (Fsp3) is 0.444. The van der Waals surface area contributed by atoms with Crippen molar-refractivity contribution in [3.8, 4) is 6.01 Å². The number of hydrogen-bond donors (Lipinski definition) is 3. The first-order valence-electron chi connectivity index (χ1n) is 5.67. The number of anilines is 1. The summed E-state index contributed by atoms with van der Waals surface area (Å²) in [5.74, 6) is 0.573. The number of ether oxygens (including phenoxy) is 1. The molecule has 0 amide bonds. The highest BCUT2D eigenvalue weighted by atomic mass is 32.2. The summed E-state index contributed by atoms with van der Waals surface area (Å²) in [7, 11) is -3.76. The van der Waals surface area contributed by atoms with Crippen LogP contribution in [0.15, 0.2) is 11.2 Å². The van der Waals surface area contributed by atoms with Gasteiger partial charge in [-0.3, -0.25) is 0 Å².